The molecule has 0 saturated carbocycles. The number of amides is 2. The van der Waals surface area contributed by atoms with Crippen LogP contribution in [-0.2, 0) is 4.79 Å². The number of piperidine rings is 1. The molecular weight excluding hydrogens is 462 g/mol. The Bertz CT molecular complexity index is 1110. The van der Waals surface area contributed by atoms with Crippen LogP contribution >= 0.6 is 23.1 Å². The second-order valence-electron chi connectivity index (χ2n) is 8.99. The molecule has 3 heterocycles. The summed E-state index contributed by atoms with van der Waals surface area (Å²) in [6.07, 6.45) is 5.01. The molecule has 0 aliphatic carbocycles. The highest BCUT2D eigenvalue weighted by atomic mass is 32.2. The number of benzene rings is 1. The van der Waals surface area contributed by atoms with Gasteiger partial charge in [0.15, 0.2) is 0 Å². The minimum absolute atomic E-state index is 0.0181. The van der Waals surface area contributed by atoms with Gasteiger partial charge in [0.05, 0.1) is 10.4 Å². The molecule has 0 spiro atoms. The maximum Gasteiger partial charge on any atom is 0.263 e. The summed E-state index contributed by atoms with van der Waals surface area (Å²) in [5, 5.41) is 5.37. The Labute approximate surface area is 210 Å². The number of nitrogens with zero attached hydrogens (tertiary/aromatic N) is 2. The van der Waals surface area contributed by atoms with E-state index in [-0.39, 0.29) is 17.7 Å². The Kier molecular flexibility index (Phi) is 8.73. The molecule has 1 aliphatic rings. The molecule has 1 aliphatic heterocycles. The summed E-state index contributed by atoms with van der Waals surface area (Å²) in [4.78, 5) is 28.3. The van der Waals surface area contributed by atoms with Crippen LogP contribution in [0.15, 0.2) is 42.5 Å². The van der Waals surface area contributed by atoms with Crippen molar-refractivity contribution < 1.29 is 9.59 Å². The van der Waals surface area contributed by atoms with Gasteiger partial charge in [-0.25, -0.2) is 0 Å². The third-order valence-electron chi connectivity index (χ3n) is 6.48. The Morgan fingerprint density at radius 3 is 2.65 bits per heavy atom. The van der Waals surface area contributed by atoms with Crippen LogP contribution in [0.2, 0.25) is 0 Å². The van der Waals surface area contributed by atoms with E-state index < -0.39 is 0 Å². The van der Waals surface area contributed by atoms with Gasteiger partial charge in [-0.2, -0.15) is 11.8 Å². The van der Waals surface area contributed by atoms with Gasteiger partial charge in [0, 0.05) is 36.6 Å². The van der Waals surface area contributed by atoms with Gasteiger partial charge in [-0.3, -0.25) is 9.59 Å². The molecule has 0 unspecified atom stereocenters. The van der Waals surface area contributed by atoms with Gasteiger partial charge in [-0.05, 0) is 68.4 Å². The maximum atomic E-state index is 13.2. The zero-order valence-electron chi connectivity index (χ0n) is 20.2. The summed E-state index contributed by atoms with van der Waals surface area (Å²) in [5.41, 5.74) is 2.32. The number of carbonyl (C=O) groups excluding carboxylic acids is 2. The van der Waals surface area contributed by atoms with E-state index in [0.717, 1.165) is 52.6 Å². The number of hydrogen-bond donors (Lipinski definition) is 1. The van der Waals surface area contributed by atoms with Crippen LogP contribution < -0.4 is 5.32 Å². The Morgan fingerprint density at radius 1 is 1.09 bits per heavy atom. The molecule has 1 fully saturated rings. The van der Waals surface area contributed by atoms with Crippen molar-refractivity contribution in [1.82, 2.24) is 14.8 Å². The van der Waals surface area contributed by atoms with Gasteiger partial charge in [-0.15, -0.1) is 11.3 Å². The second kappa shape index (κ2) is 11.9. The number of para-hydroxylation sites is 1. The van der Waals surface area contributed by atoms with E-state index in [1.165, 1.54) is 35.3 Å². The molecule has 1 N–H and O–H groups in total. The van der Waals surface area contributed by atoms with Crippen molar-refractivity contribution in [3.05, 3.63) is 53.0 Å². The first-order chi connectivity index (χ1) is 16.6. The Balaban J connectivity index is 1.27. The normalized spacial score (nSPS) is 14.6. The number of fused-ring (bicyclic) bond motifs is 1. The number of aryl methyl sites for hydroxylation is 1. The summed E-state index contributed by atoms with van der Waals surface area (Å²) in [5.74, 6) is 2.57. The number of aromatic nitrogens is 1. The molecule has 5 nitrogen and oxygen atoms in total. The average molecular weight is 498 g/mol. The van der Waals surface area contributed by atoms with Crippen molar-refractivity contribution >= 4 is 45.8 Å². The van der Waals surface area contributed by atoms with E-state index in [2.05, 4.69) is 41.9 Å². The quantitative estimate of drug-likeness (QED) is 0.355. The van der Waals surface area contributed by atoms with E-state index in [0.29, 0.717) is 13.1 Å². The average Bonchev–Trinajstić information content (AvgIpc) is 3.46. The van der Waals surface area contributed by atoms with Gasteiger partial charge in [0.1, 0.15) is 5.00 Å². The summed E-state index contributed by atoms with van der Waals surface area (Å²) in [7, 11) is 0. The van der Waals surface area contributed by atoms with Crippen molar-refractivity contribution in [2.75, 3.05) is 31.1 Å². The predicted octanol–water partition coefficient (Wildman–Crippen LogP) is 5.89. The summed E-state index contributed by atoms with van der Waals surface area (Å²) >= 11 is 3.51. The molecule has 1 aromatic carbocycles. The van der Waals surface area contributed by atoms with Crippen LogP contribution in [0, 0.1) is 12.8 Å². The van der Waals surface area contributed by atoms with E-state index >= 15 is 0 Å². The molecule has 4 rings (SSSR count). The largest absolute Gasteiger partial charge is 0.356 e. The first-order valence-corrected chi connectivity index (χ1v) is 14.4. The zero-order chi connectivity index (χ0) is 23.9. The predicted molar refractivity (Wildman–Crippen MR) is 144 cm³/mol. The van der Waals surface area contributed by atoms with Crippen molar-refractivity contribution in [3.63, 3.8) is 0 Å². The molecule has 0 atom stereocenters. The van der Waals surface area contributed by atoms with Gasteiger partial charge in [0.2, 0.25) is 5.91 Å². The Morgan fingerprint density at radius 2 is 1.85 bits per heavy atom. The zero-order valence-corrected chi connectivity index (χ0v) is 21.9. The number of carbonyl (C=O) groups is 2. The SMILES string of the molecule is CCCCSCCCNC(=O)C1CCN(C(=O)c2ccc(-n3c(C)cc4ccccc43)s2)CC1. The van der Waals surface area contributed by atoms with Crippen LogP contribution in [-0.4, -0.2) is 52.4 Å². The lowest BCUT2D eigenvalue weighted by Gasteiger charge is -2.31. The van der Waals surface area contributed by atoms with Crippen LogP contribution in [0.25, 0.3) is 15.9 Å². The van der Waals surface area contributed by atoms with Crippen molar-refractivity contribution in [2.45, 2.75) is 46.0 Å². The highest BCUT2D eigenvalue weighted by molar-refractivity contribution is 7.99. The lowest BCUT2D eigenvalue weighted by Crippen LogP contribution is -2.43. The molecule has 0 radical (unpaired) electrons. The van der Waals surface area contributed by atoms with Crippen LogP contribution in [0.5, 0.6) is 0 Å². The third-order valence-corrected chi connectivity index (χ3v) is 8.69. The monoisotopic (exact) mass is 497 g/mol. The van der Waals surface area contributed by atoms with Crippen molar-refractivity contribution in [3.8, 4) is 5.00 Å². The minimum atomic E-state index is 0.0181. The van der Waals surface area contributed by atoms with Gasteiger partial charge >= 0.3 is 0 Å². The standard InChI is InChI=1S/C27H35N3O2S2/c1-3-4-17-33-18-7-14-28-26(31)21-12-15-29(16-13-21)27(32)24-10-11-25(34-24)30-20(2)19-22-8-5-6-9-23(22)30/h5-6,8-11,19,21H,3-4,7,12-18H2,1-2H3,(H,28,31). The third kappa shape index (κ3) is 5.87. The molecule has 34 heavy (non-hydrogen) atoms. The number of rotatable bonds is 10. The fourth-order valence-corrected chi connectivity index (χ4v) is 6.62. The fraction of sp³-hybridized carbons (Fsp3) is 0.481. The highest BCUT2D eigenvalue weighted by Crippen LogP contribution is 2.30. The number of likely N-dealkylation sites (tertiary alicyclic amines) is 1. The minimum Gasteiger partial charge on any atom is -0.356 e. The molecular formula is C27H35N3O2S2. The second-order valence-corrected chi connectivity index (χ2v) is 11.3. The Hall–Kier alpha value is -2.25. The lowest BCUT2D eigenvalue weighted by molar-refractivity contribution is -0.126. The fourth-order valence-electron chi connectivity index (χ4n) is 4.53. The van der Waals surface area contributed by atoms with E-state index in [1.807, 2.05) is 40.9 Å². The van der Waals surface area contributed by atoms with Crippen molar-refractivity contribution in [1.29, 1.82) is 0 Å². The topological polar surface area (TPSA) is 54.3 Å². The summed E-state index contributed by atoms with van der Waals surface area (Å²) in [6, 6.07) is 14.5. The van der Waals surface area contributed by atoms with Crippen LogP contribution in [0.1, 0.15) is 54.4 Å². The van der Waals surface area contributed by atoms with Gasteiger partial charge in [-0.1, -0.05) is 31.5 Å². The van der Waals surface area contributed by atoms with E-state index in [4.69, 9.17) is 0 Å². The molecule has 0 bridgehead atoms. The molecule has 1 saturated heterocycles. The summed E-state index contributed by atoms with van der Waals surface area (Å²) in [6.45, 7) is 6.35. The van der Waals surface area contributed by atoms with Crippen LogP contribution in [0.3, 0.4) is 0 Å². The number of thiophene rings is 1. The van der Waals surface area contributed by atoms with Gasteiger partial charge in [0.25, 0.3) is 5.91 Å². The van der Waals surface area contributed by atoms with Crippen LogP contribution in [0.4, 0.5) is 0 Å². The van der Waals surface area contributed by atoms with E-state index in [1.54, 1.807) is 0 Å². The highest BCUT2D eigenvalue weighted by Gasteiger charge is 2.28. The van der Waals surface area contributed by atoms with E-state index in [9.17, 15) is 9.59 Å². The molecule has 7 heteroatoms. The summed E-state index contributed by atoms with van der Waals surface area (Å²) < 4.78 is 2.22. The first-order valence-electron chi connectivity index (χ1n) is 12.4. The number of hydrogen-bond acceptors (Lipinski definition) is 4. The van der Waals surface area contributed by atoms with Crippen molar-refractivity contribution in [2.24, 2.45) is 5.92 Å². The molecule has 2 aromatic heterocycles. The maximum absolute atomic E-state index is 13.2. The molecule has 3 aromatic rings. The number of unbranched alkanes of at least 4 members (excludes halogenated alkanes) is 1. The van der Waals surface area contributed by atoms with Gasteiger partial charge < -0.3 is 14.8 Å². The lowest BCUT2D eigenvalue weighted by atomic mass is 9.96. The number of nitrogens with one attached hydrogen (secondary N) is 1. The molecule has 2 amide bonds. The smallest absolute Gasteiger partial charge is 0.263 e. The first kappa shape index (κ1) is 24.9. The number of thioether (sulfide) groups is 1. The molecule has 182 valence electrons.